The molecule has 1 aromatic carbocycles. The van der Waals surface area contributed by atoms with Crippen molar-refractivity contribution < 1.29 is 23.8 Å². The minimum absolute atomic E-state index is 0.0720. The van der Waals surface area contributed by atoms with E-state index >= 15 is 0 Å². The Morgan fingerprint density at radius 2 is 2.11 bits per heavy atom. The van der Waals surface area contributed by atoms with Crippen LogP contribution < -0.4 is 5.32 Å². The third-order valence-electron chi connectivity index (χ3n) is 2.17. The van der Waals surface area contributed by atoms with Crippen LogP contribution in [0, 0.1) is 5.82 Å². The summed E-state index contributed by atoms with van der Waals surface area (Å²) < 4.78 is 18.2. The summed E-state index contributed by atoms with van der Waals surface area (Å²) in [5, 5.41) is 11.0. The summed E-state index contributed by atoms with van der Waals surface area (Å²) in [4.78, 5) is 21.9. The molecule has 0 saturated heterocycles. The van der Waals surface area contributed by atoms with E-state index in [4.69, 9.17) is 9.84 Å². The number of rotatable bonds is 7. The van der Waals surface area contributed by atoms with Crippen LogP contribution in [0.5, 0.6) is 0 Å². The summed E-state index contributed by atoms with van der Waals surface area (Å²) in [7, 11) is 0. The Hall–Kier alpha value is -1.47. The van der Waals surface area contributed by atoms with E-state index in [9.17, 15) is 14.0 Å². The molecule has 0 fully saturated rings. The van der Waals surface area contributed by atoms with Gasteiger partial charge in [-0.3, -0.25) is 9.59 Å². The molecule has 19 heavy (non-hydrogen) atoms. The van der Waals surface area contributed by atoms with Gasteiger partial charge in [0, 0.05) is 11.0 Å². The van der Waals surface area contributed by atoms with Crippen molar-refractivity contribution in [2.75, 3.05) is 19.8 Å². The van der Waals surface area contributed by atoms with E-state index in [0.717, 1.165) is 0 Å². The first kappa shape index (κ1) is 15.6. The lowest BCUT2D eigenvalue weighted by Gasteiger charge is -2.07. The molecular weight excluding hydrogens is 321 g/mol. The van der Waals surface area contributed by atoms with Crippen molar-refractivity contribution in [2.24, 2.45) is 0 Å². The maximum Gasteiger partial charge on any atom is 0.305 e. The molecule has 0 radical (unpaired) electrons. The van der Waals surface area contributed by atoms with E-state index in [1.165, 1.54) is 18.2 Å². The minimum Gasteiger partial charge on any atom is -0.481 e. The van der Waals surface area contributed by atoms with Gasteiger partial charge in [-0.2, -0.15) is 0 Å². The number of carboxylic acid groups (broad SMARTS) is 1. The van der Waals surface area contributed by atoms with E-state index in [-0.39, 0.29) is 32.1 Å². The zero-order valence-corrected chi connectivity index (χ0v) is 11.6. The highest BCUT2D eigenvalue weighted by Gasteiger charge is 2.09. The lowest BCUT2D eigenvalue weighted by Crippen LogP contribution is -2.27. The molecule has 104 valence electrons. The summed E-state index contributed by atoms with van der Waals surface area (Å²) in [6.07, 6.45) is -0.0720. The molecule has 0 aliphatic heterocycles. The summed E-state index contributed by atoms with van der Waals surface area (Å²) in [6, 6.07) is 3.78. The Bertz CT molecular complexity index is 467. The van der Waals surface area contributed by atoms with E-state index in [2.05, 4.69) is 21.2 Å². The fourth-order valence-electron chi connectivity index (χ4n) is 1.27. The number of amides is 1. The van der Waals surface area contributed by atoms with Crippen LogP contribution in [0.15, 0.2) is 22.7 Å². The number of hydrogen-bond acceptors (Lipinski definition) is 3. The first-order valence-corrected chi connectivity index (χ1v) is 6.33. The van der Waals surface area contributed by atoms with Crippen molar-refractivity contribution in [1.82, 2.24) is 5.32 Å². The van der Waals surface area contributed by atoms with Crippen molar-refractivity contribution >= 4 is 27.8 Å². The third kappa shape index (κ3) is 5.80. The predicted molar refractivity (Wildman–Crippen MR) is 69.5 cm³/mol. The second-order valence-electron chi connectivity index (χ2n) is 3.64. The van der Waals surface area contributed by atoms with Crippen LogP contribution in [0.25, 0.3) is 0 Å². The topological polar surface area (TPSA) is 75.6 Å². The average molecular weight is 334 g/mol. The van der Waals surface area contributed by atoms with Gasteiger partial charge in [-0.25, -0.2) is 4.39 Å². The number of carbonyl (C=O) groups is 2. The highest BCUT2D eigenvalue weighted by atomic mass is 79.9. The van der Waals surface area contributed by atoms with Gasteiger partial charge in [-0.15, -0.1) is 0 Å². The molecule has 7 heteroatoms. The molecular formula is C12H13BrFNO4. The standard InChI is InChI=1S/C12H13BrFNO4/c13-10-7-8(14)1-2-9(10)12(18)15-4-6-19-5-3-11(16)17/h1-2,7H,3-6H2,(H,15,18)(H,16,17). The first-order chi connectivity index (χ1) is 9.00. The molecule has 1 rings (SSSR count). The molecule has 5 nitrogen and oxygen atoms in total. The number of hydrogen-bond donors (Lipinski definition) is 2. The minimum atomic E-state index is -0.931. The second kappa shape index (κ2) is 7.85. The summed E-state index contributed by atoms with van der Waals surface area (Å²) in [5.41, 5.74) is 0.326. The monoisotopic (exact) mass is 333 g/mol. The van der Waals surface area contributed by atoms with E-state index in [1.807, 2.05) is 0 Å². The first-order valence-electron chi connectivity index (χ1n) is 5.53. The van der Waals surface area contributed by atoms with Crippen LogP contribution in [-0.4, -0.2) is 36.7 Å². The van der Waals surface area contributed by atoms with Crippen LogP contribution in [0.4, 0.5) is 4.39 Å². The second-order valence-corrected chi connectivity index (χ2v) is 4.49. The van der Waals surface area contributed by atoms with E-state index in [1.54, 1.807) is 0 Å². The Morgan fingerprint density at radius 1 is 1.37 bits per heavy atom. The number of halogens is 2. The molecule has 0 atom stereocenters. The Kier molecular flexibility index (Phi) is 6.44. The van der Waals surface area contributed by atoms with Crippen molar-refractivity contribution in [2.45, 2.75) is 6.42 Å². The van der Waals surface area contributed by atoms with Crippen LogP contribution >= 0.6 is 15.9 Å². The van der Waals surface area contributed by atoms with Crippen LogP contribution in [0.3, 0.4) is 0 Å². The number of aliphatic carboxylic acids is 1. The van der Waals surface area contributed by atoms with Crippen molar-refractivity contribution in [1.29, 1.82) is 0 Å². The third-order valence-corrected chi connectivity index (χ3v) is 2.82. The van der Waals surface area contributed by atoms with E-state index in [0.29, 0.717) is 10.0 Å². The van der Waals surface area contributed by atoms with Gasteiger partial charge < -0.3 is 15.2 Å². The zero-order chi connectivity index (χ0) is 14.3. The SMILES string of the molecule is O=C(O)CCOCCNC(=O)c1ccc(F)cc1Br. The van der Waals surface area contributed by atoms with Gasteiger partial charge in [-0.05, 0) is 34.1 Å². The largest absolute Gasteiger partial charge is 0.481 e. The van der Waals surface area contributed by atoms with Crippen molar-refractivity contribution in [3.05, 3.63) is 34.1 Å². The molecule has 0 aromatic heterocycles. The fourth-order valence-corrected chi connectivity index (χ4v) is 1.80. The van der Waals surface area contributed by atoms with Crippen molar-refractivity contribution in [3.63, 3.8) is 0 Å². The molecule has 0 unspecified atom stereocenters. The highest BCUT2D eigenvalue weighted by Crippen LogP contribution is 2.17. The van der Waals surface area contributed by atoms with Gasteiger partial charge in [0.15, 0.2) is 0 Å². The van der Waals surface area contributed by atoms with Gasteiger partial charge >= 0.3 is 5.97 Å². The smallest absolute Gasteiger partial charge is 0.305 e. The van der Waals surface area contributed by atoms with Crippen LogP contribution in [0.2, 0.25) is 0 Å². The molecule has 0 aliphatic rings. The molecule has 2 N–H and O–H groups in total. The number of carboxylic acids is 1. The van der Waals surface area contributed by atoms with Gasteiger partial charge in [0.05, 0.1) is 25.2 Å². The fraction of sp³-hybridized carbons (Fsp3) is 0.333. The van der Waals surface area contributed by atoms with Crippen LogP contribution in [0.1, 0.15) is 16.8 Å². The summed E-state index contributed by atoms with van der Waals surface area (Å²) >= 11 is 3.10. The Balaban J connectivity index is 2.29. The van der Waals surface area contributed by atoms with Crippen molar-refractivity contribution in [3.8, 4) is 0 Å². The Morgan fingerprint density at radius 3 is 2.74 bits per heavy atom. The lowest BCUT2D eigenvalue weighted by atomic mass is 10.2. The average Bonchev–Trinajstić information content (AvgIpc) is 2.32. The Labute approximate surface area is 117 Å². The molecule has 1 aromatic rings. The predicted octanol–water partition coefficient (Wildman–Crippen LogP) is 1.81. The van der Waals surface area contributed by atoms with E-state index < -0.39 is 11.8 Å². The molecule has 0 bridgehead atoms. The van der Waals surface area contributed by atoms with Gasteiger partial charge in [-0.1, -0.05) is 0 Å². The molecule has 0 spiro atoms. The van der Waals surface area contributed by atoms with Gasteiger partial charge in [0.25, 0.3) is 5.91 Å². The number of nitrogens with one attached hydrogen (secondary N) is 1. The van der Waals surface area contributed by atoms with Gasteiger partial charge in [0.2, 0.25) is 0 Å². The number of ether oxygens (including phenoxy) is 1. The molecule has 1 amide bonds. The lowest BCUT2D eigenvalue weighted by molar-refractivity contribution is -0.138. The van der Waals surface area contributed by atoms with Crippen LogP contribution in [-0.2, 0) is 9.53 Å². The quantitative estimate of drug-likeness (QED) is 0.746. The van der Waals surface area contributed by atoms with Gasteiger partial charge in [0.1, 0.15) is 5.82 Å². The molecule has 0 heterocycles. The summed E-state index contributed by atoms with van der Waals surface area (Å²) in [5.74, 6) is -1.71. The number of carbonyl (C=O) groups excluding carboxylic acids is 1. The zero-order valence-electron chi connectivity index (χ0n) is 9.99. The summed E-state index contributed by atoms with van der Waals surface area (Å²) in [6.45, 7) is 0.575. The molecule has 0 aliphatic carbocycles. The number of benzene rings is 1. The maximum atomic E-state index is 12.8. The normalized spacial score (nSPS) is 10.2. The molecule has 0 saturated carbocycles. The highest BCUT2D eigenvalue weighted by molar-refractivity contribution is 9.10. The maximum absolute atomic E-state index is 12.8.